The summed E-state index contributed by atoms with van der Waals surface area (Å²) in [5, 5.41) is 12.5. The number of carboxylic acids is 1. The lowest BCUT2D eigenvalue weighted by Crippen LogP contribution is -2.45. The second kappa shape index (κ2) is 6.26. The summed E-state index contributed by atoms with van der Waals surface area (Å²) in [6.45, 7) is 1.55. The fraction of sp³-hybridized carbons (Fsp3) is 0.188. The number of nitrogens with one attached hydrogen (secondary N) is 1. The number of hydrogen-bond donors (Lipinski definition) is 2. The van der Waals surface area contributed by atoms with Gasteiger partial charge in [-0.15, -0.1) is 0 Å². The molecule has 0 fully saturated rings. The van der Waals surface area contributed by atoms with Crippen LogP contribution in [0.25, 0.3) is 0 Å². The molecular weight excluding hydrogens is 337 g/mol. The van der Waals surface area contributed by atoms with Gasteiger partial charge < -0.3 is 10.4 Å². The van der Waals surface area contributed by atoms with E-state index in [1.807, 2.05) is 12.1 Å². The molecule has 0 saturated heterocycles. The van der Waals surface area contributed by atoms with E-state index in [0.29, 0.717) is 11.3 Å². The smallest absolute Gasteiger partial charge is 0.329 e. The predicted molar refractivity (Wildman–Crippen MR) is 83.9 cm³/mol. The second-order valence-corrected chi connectivity index (χ2v) is 5.95. The Hall–Kier alpha value is -1.88. The lowest BCUT2D eigenvalue weighted by atomic mass is 9.92. The van der Waals surface area contributed by atoms with Crippen molar-refractivity contribution in [3.05, 3.63) is 64.4 Å². The van der Waals surface area contributed by atoms with Crippen molar-refractivity contribution >= 4 is 27.6 Å². The summed E-state index contributed by atoms with van der Waals surface area (Å²) in [6.07, 6.45) is 0.0467. The normalized spacial score (nSPS) is 13.5. The molecule has 2 aromatic rings. The minimum atomic E-state index is -1.30. The number of aliphatic carboxylic acids is 1. The minimum Gasteiger partial charge on any atom is -0.480 e. The van der Waals surface area contributed by atoms with E-state index in [9.17, 15) is 14.3 Å². The monoisotopic (exact) mass is 351 g/mol. The zero-order chi connectivity index (χ0) is 15.5. The Labute approximate surface area is 130 Å². The molecular formula is C16H15BrFNO2. The summed E-state index contributed by atoms with van der Waals surface area (Å²) in [4.78, 5) is 11.6. The number of carboxylic acid groups (broad SMARTS) is 1. The Morgan fingerprint density at radius 2 is 1.86 bits per heavy atom. The molecule has 3 nitrogen and oxygen atoms in total. The lowest BCUT2D eigenvalue weighted by molar-refractivity contribution is -0.141. The van der Waals surface area contributed by atoms with Crippen molar-refractivity contribution in [2.45, 2.75) is 18.9 Å². The van der Waals surface area contributed by atoms with Crippen molar-refractivity contribution < 1.29 is 14.3 Å². The van der Waals surface area contributed by atoms with E-state index >= 15 is 0 Å². The highest BCUT2D eigenvalue weighted by atomic mass is 79.9. The van der Waals surface area contributed by atoms with Gasteiger partial charge in [-0.1, -0.05) is 34.1 Å². The molecule has 5 heteroatoms. The van der Waals surface area contributed by atoms with E-state index in [2.05, 4.69) is 21.2 Å². The summed E-state index contributed by atoms with van der Waals surface area (Å²) in [7, 11) is 0. The van der Waals surface area contributed by atoms with Crippen molar-refractivity contribution in [1.29, 1.82) is 0 Å². The van der Waals surface area contributed by atoms with Gasteiger partial charge in [0, 0.05) is 16.6 Å². The molecule has 21 heavy (non-hydrogen) atoms. The van der Waals surface area contributed by atoms with E-state index in [1.54, 1.807) is 37.3 Å². The van der Waals surface area contributed by atoms with Gasteiger partial charge in [-0.05, 0) is 42.8 Å². The van der Waals surface area contributed by atoms with Crippen molar-refractivity contribution in [3.63, 3.8) is 0 Å². The topological polar surface area (TPSA) is 49.3 Å². The number of rotatable bonds is 5. The molecule has 0 heterocycles. The molecule has 0 aliphatic carbocycles. The molecule has 0 aliphatic heterocycles. The molecule has 1 atom stereocenters. The molecule has 2 aromatic carbocycles. The molecule has 0 spiro atoms. The van der Waals surface area contributed by atoms with Crippen LogP contribution >= 0.6 is 15.9 Å². The summed E-state index contributed by atoms with van der Waals surface area (Å²) < 4.78 is 14.7. The number of hydrogen-bond acceptors (Lipinski definition) is 2. The Morgan fingerprint density at radius 3 is 2.43 bits per heavy atom. The first kappa shape index (κ1) is 15.5. The molecule has 2 rings (SSSR count). The Balaban J connectivity index is 2.26. The molecule has 0 aliphatic rings. The van der Waals surface area contributed by atoms with Gasteiger partial charge in [0.25, 0.3) is 0 Å². The van der Waals surface area contributed by atoms with Gasteiger partial charge in [0.2, 0.25) is 0 Å². The average Bonchev–Trinajstić information content (AvgIpc) is 2.44. The van der Waals surface area contributed by atoms with Crippen molar-refractivity contribution in [2.75, 3.05) is 5.32 Å². The predicted octanol–water partition coefficient (Wildman–Crippen LogP) is 4.09. The van der Waals surface area contributed by atoms with Crippen molar-refractivity contribution in [1.82, 2.24) is 0 Å². The quantitative estimate of drug-likeness (QED) is 0.852. The van der Waals surface area contributed by atoms with E-state index in [0.717, 1.165) is 4.47 Å². The highest BCUT2D eigenvalue weighted by molar-refractivity contribution is 9.10. The third kappa shape index (κ3) is 3.82. The van der Waals surface area contributed by atoms with E-state index in [1.165, 1.54) is 6.07 Å². The molecule has 0 amide bonds. The van der Waals surface area contributed by atoms with Crippen LogP contribution in [0.5, 0.6) is 0 Å². The third-order valence-corrected chi connectivity index (χ3v) is 3.77. The van der Waals surface area contributed by atoms with Crippen LogP contribution in [0.3, 0.4) is 0 Å². The van der Waals surface area contributed by atoms with Crippen LogP contribution in [0.15, 0.2) is 53.0 Å². The van der Waals surface area contributed by atoms with Gasteiger partial charge in [0.15, 0.2) is 0 Å². The zero-order valence-corrected chi connectivity index (χ0v) is 13.0. The highest BCUT2D eigenvalue weighted by Crippen LogP contribution is 2.23. The SMILES string of the molecule is CC(Cc1ccccc1F)(Nc1ccc(Br)cc1)C(=O)O. The first-order chi connectivity index (χ1) is 9.90. The number of anilines is 1. The molecule has 0 saturated carbocycles. The maximum atomic E-state index is 13.7. The molecule has 1 unspecified atom stereocenters. The number of benzene rings is 2. The van der Waals surface area contributed by atoms with E-state index < -0.39 is 17.3 Å². The van der Waals surface area contributed by atoms with Crippen molar-refractivity contribution in [2.24, 2.45) is 0 Å². The molecule has 110 valence electrons. The lowest BCUT2D eigenvalue weighted by Gasteiger charge is -2.28. The highest BCUT2D eigenvalue weighted by Gasteiger charge is 2.34. The molecule has 0 aromatic heterocycles. The van der Waals surface area contributed by atoms with Crippen LogP contribution in [-0.4, -0.2) is 16.6 Å². The summed E-state index contributed by atoms with van der Waals surface area (Å²) >= 11 is 3.32. The van der Waals surface area contributed by atoms with Gasteiger partial charge >= 0.3 is 5.97 Å². The Morgan fingerprint density at radius 1 is 1.24 bits per heavy atom. The van der Waals surface area contributed by atoms with Gasteiger partial charge in [-0.3, -0.25) is 0 Å². The first-order valence-corrected chi connectivity index (χ1v) is 7.20. The minimum absolute atomic E-state index is 0.0467. The molecule has 0 bridgehead atoms. The van der Waals surface area contributed by atoms with Gasteiger partial charge in [0.1, 0.15) is 11.4 Å². The first-order valence-electron chi connectivity index (χ1n) is 6.41. The Kier molecular flexibility index (Phi) is 4.63. The van der Waals surface area contributed by atoms with Crippen molar-refractivity contribution in [3.8, 4) is 0 Å². The van der Waals surface area contributed by atoms with Gasteiger partial charge in [-0.25, -0.2) is 9.18 Å². The van der Waals surface area contributed by atoms with Gasteiger partial charge in [-0.2, -0.15) is 0 Å². The second-order valence-electron chi connectivity index (χ2n) is 5.04. The van der Waals surface area contributed by atoms with Crippen LogP contribution < -0.4 is 5.32 Å². The fourth-order valence-corrected chi connectivity index (χ4v) is 2.31. The molecule has 0 radical (unpaired) electrons. The average molecular weight is 352 g/mol. The maximum Gasteiger partial charge on any atom is 0.329 e. The van der Waals surface area contributed by atoms with E-state index in [4.69, 9.17) is 0 Å². The number of carbonyl (C=O) groups is 1. The molecule has 2 N–H and O–H groups in total. The van der Waals surface area contributed by atoms with E-state index in [-0.39, 0.29) is 6.42 Å². The largest absolute Gasteiger partial charge is 0.480 e. The summed E-state index contributed by atoms with van der Waals surface area (Å²) in [5.41, 5.74) is -0.262. The zero-order valence-electron chi connectivity index (χ0n) is 11.4. The maximum absolute atomic E-state index is 13.7. The van der Waals surface area contributed by atoms with Crippen LogP contribution in [-0.2, 0) is 11.2 Å². The number of halogens is 2. The summed E-state index contributed by atoms with van der Waals surface area (Å²) in [6, 6.07) is 13.4. The standard InChI is InChI=1S/C16H15BrFNO2/c1-16(15(20)21,10-11-4-2-3-5-14(11)18)19-13-8-6-12(17)7-9-13/h2-9,19H,10H2,1H3,(H,20,21). The van der Waals surface area contributed by atoms with Crippen LogP contribution in [0, 0.1) is 5.82 Å². The Bertz CT molecular complexity index is 645. The van der Waals surface area contributed by atoms with Crippen LogP contribution in [0.1, 0.15) is 12.5 Å². The van der Waals surface area contributed by atoms with Crippen LogP contribution in [0.4, 0.5) is 10.1 Å². The van der Waals surface area contributed by atoms with Gasteiger partial charge in [0.05, 0.1) is 0 Å². The van der Waals surface area contributed by atoms with Crippen LogP contribution in [0.2, 0.25) is 0 Å². The fourth-order valence-electron chi connectivity index (χ4n) is 2.05. The third-order valence-electron chi connectivity index (χ3n) is 3.24. The summed E-state index contributed by atoms with van der Waals surface area (Å²) in [5.74, 6) is -1.43.